The molecule has 1 saturated heterocycles. The van der Waals surface area contributed by atoms with Crippen LogP contribution < -0.4 is 10.2 Å². The number of amides is 1. The first-order valence-electron chi connectivity index (χ1n) is 8.81. The Hall–Kier alpha value is -2.11. The third kappa shape index (κ3) is 3.68. The fourth-order valence-corrected chi connectivity index (χ4v) is 3.64. The number of hydrogen-bond acceptors (Lipinski definition) is 4. The highest BCUT2D eigenvalue weighted by molar-refractivity contribution is 5.95. The summed E-state index contributed by atoms with van der Waals surface area (Å²) in [5, 5.41) is 12.2. The van der Waals surface area contributed by atoms with Crippen LogP contribution in [0, 0.1) is 12.8 Å². The van der Waals surface area contributed by atoms with Crippen LogP contribution in [-0.4, -0.2) is 41.1 Å². The van der Waals surface area contributed by atoms with E-state index in [9.17, 15) is 9.59 Å². The topological polar surface area (TPSA) is 82.5 Å². The standard InChI is InChI=1S/C18H25N3O3/c1-12-15(17(22)20-14-5-3-2-4-6-14)7-8-16(19-12)21-10-9-13(11-21)18(23)24/h7-8,13-14H,2-6,9-11H2,1H3,(H,20,22)(H,23,24). The Bertz CT molecular complexity index is 626. The van der Waals surface area contributed by atoms with E-state index in [1.165, 1.54) is 19.3 Å². The van der Waals surface area contributed by atoms with Gasteiger partial charge in [0.05, 0.1) is 17.2 Å². The Kier molecular flexibility index (Phi) is 5.02. The summed E-state index contributed by atoms with van der Waals surface area (Å²) in [6, 6.07) is 3.91. The summed E-state index contributed by atoms with van der Waals surface area (Å²) >= 11 is 0. The highest BCUT2D eigenvalue weighted by Crippen LogP contribution is 2.24. The number of anilines is 1. The largest absolute Gasteiger partial charge is 0.481 e. The number of carboxylic acid groups (broad SMARTS) is 1. The number of carbonyl (C=O) groups is 2. The molecule has 0 spiro atoms. The third-order valence-electron chi connectivity index (χ3n) is 5.12. The number of pyridine rings is 1. The smallest absolute Gasteiger partial charge is 0.308 e. The molecule has 0 radical (unpaired) electrons. The molecule has 6 heteroatoms. The van der Waals surface area contributed by atoms with Crippen LogP contribution in [0.4, 0.5) is 5.82 Å². The van der Waals surface area contributed by atoms with E-state index < -0.39 is 5.97 Å². The van der Waals surface area contributed by atoms with Gasteiger partial charge in [0.25, 0.3) is 5.91 Å². The van der Waals surface area contributed by atoms with Crippen molar-refractivity contribution in [1.82, 2.24) is 10.3 Å². The van der Waals surface area contributed by atoms with Crippen molar-refractivity contribution in [3.05, 3.63) is 23.4 Å². The van der Waals surface area contributed by atoms with Crippen LogP contribution in [0.2, 0.25) is 0 Å². The lowest BCUT2D eigenvalue weighted by Gasteiger charge is -2.23. The van der Waals surface area contributed by atoms with Gasteiger partial charge in [-0.15, -0.1) is 0 Å². The van der Waals surface area contributed by atoms with Crippen LogP contribution in [0.15, 0.2) is 12.1 Å². The maximum atomic E-state index is 12.5. The number of rotatable bonds is 4. The first-order chi connectivity index (χ1) is 11.5. The predicted octanol–water partition coefficient (Wildman–Crippen LogP) is 2.36. The van der Waals surface area contributed by atoms with Gasteiger partial charge in [-0.25, -0.2) is 4.98 Å². The second kappa shape index (κ2) is 7.20. The van der Waals surface area contributed by atoms with Crippen molar-refractivity contribution < 1.29 is 14.7 Å². The maximum Gasteiger partial charge on any atom is 0.308 e. The average molecular weight is 331 g/mol. The van der Waals surface area contributed by atoms with Gasteiger partial charge in [0, 0.05) is 19.1 Å². The molecule has 1 aromatic heterocycles. The molecule has 1 amide bonds. The van der Waals surface area contributed by atoms with Crippen LogP contribution in [0.1, 0.15) is 54.6 Å². The lowest BCUT2D eigenvalue weighted by Crippen LogP contribution is -2.36. The van der Waals surface area contributed by atoms with E-state index in [2.05, 4.69) is 10.3 Å². The molecule has 2 aliphatic rings. The van der Waals surface area contributed by atoms with Crippen molar-refractivity contribution in [3.63, 3.8) is 0 Å². The molecule has 1 unspecified atom stereocenters. The Morgan fingerprint density at radius 1 is 1.21 bits per heavy atom. The number of hydrogen-bond donors (Lipinski definition) is 2. The van der Waals surface area contributed by atoms with Crippen molar-refractivity contribution >= 4 is 17.7 Å². The number of nitrogens with zero attached hydrogens (tertiary/aromatic N) is 2. The van der Waals surface area contributed by atoms with Gasteiger partial charge in [-0.05, 0) is 38.3 Å². The van der Waals surface area contributed by atoms with E-state index in [1.54, 1.807) is 0 Å². The molecule has 130 valence electrons. The normalized spacial score (nSPS) is 21.7. The molecule has 1 aliphatic carbocycles. The fraction of sp³-hybridized carbons (Fsp3) is 0.611. The van der Waals surface area contributed by atoms with E-state index in [0.29, 0.717) is 30.8 Å². The summed E-state index contributed by atoms with van der Waals surface area (Å²) in [5.41, 5.74) is 1.30. The summed E-state index contributed by atoms with van der Waals surface area (Å²) in [7, 11) is 0. The van der Waals surface area contributed by atoms with E-state index in [1.807, 2.05) is 24.0 Å². The minimum atomic E-state index is -0.752. The molecule has 24 heavy (non-hydrogen) atoms. The Morgan fingerprint density at radius 2 is 1.96 bits per heavy atom. The summed E-state index contributed by atoms with van der Waals surface area (Å²) in [4.78, 5) is 30.1. The molecule has 2 heterocycles. The van der Waals surface area contributed by atoms with Crippen LogP contribution in [0.25, 0.3) is 0 Å². The Morgan fingerprint density at radius 3 is 2.58 bits per heavy atom. The third-order valence-corrected chi connectivity index (χ3v) is 5.12. The predicted molar refractivity (Wildman–Crippen MR) is 91.3 cm³/mol. The second-order valence-electron chi connectivity index (χ2n) is 6.88. The summed E-state index contributed by atoms with van der Waals surface area (Å²) in [6.07, 6.45) is 6.37. The molecular weight excluding hydrogens is 306 g/mol. The molecule has 1 atom stereocenters. The van der Waals surface area contributed by atoms with Crippen molar-refractivity contribution in [1.29, 1.82) is 0 Å². The van der Waals surface area contributed by atoms with Gasteiger partial charge in [-0.1, -0.05) is 19.3 Å². The minimum Gasteiger partial charge on any atom is -0.481 e. The van der Waals surface area contributed by atoms with Crippen LogP contribution in [0.5, 0.6) is 0 Å². The van der Waals surface area contributed by atoms with Crippen molar-refractivity contribution in [3.8, 4) is 0 Å². The molecule has 1 aliphatic heterocycles. The molecular formula is C18H25N3O3. The van der Waals surface area contributed by atoms with Crippen LogP contribution in [0.3, 0.4) is 0 Å². The molecule has 1 saturated carbocycles. The van der Waals surface area contributed by atoms with E-state index >= 15 is 0 Å². The number of carbonyl (C=O) groups excluding carboxylic acids is 1. The van der Waals surface area contributed by atoms with Gasteiger partial charge in [0.2, 0.25) is 0 Å². The monoisotopic (exact) mass is 331 g/mol. The molecule has 1 aromatic rings. The summed E-state index contributed by atoms with van der Waals surface area (Å²) < 4.78 is 0. The van der Waals surface area contributed by atoms with Gasteiger partial charge < -0.3 is 15.3 Å². The zero-order valence-corrected chi connectivity index (χ0v) is 14.1. The SMILES string of the molecule is Cc1nc(N2CCC(C(=O)O)C2)ccc1C(=O)NC1CCCCC1. The lowest BCUT2D eigenvalue weighted by molar-refractivity contribution is -0.140. The average Bonchev–Trinajstić information content (AvgIpc) is 3.06. The second-order valence-corrected chi connectivity index (χ2v) is 6.88. The Balaban J connectivity index is 1.66. The number of carboxylic acids is 1. The molecule has 0 bridgehead atoms. The van der Waals surface area contributed by atoms with Gasteiger partial charge in [0.15, 0.2) is 0 Å². The van der Waals surface area contributed by atoms with Gasteiger partial charge >= 0.3 is 5.97 Å². The lowest BCUT2D eigenvalue weighted by atomic mass is 9.95. The van der Waals surface area contributed by atoms with E-state index in [4.69, 9.17) is 5.11 Å². The highest BCUT2D eigenvalue weighted by atomic mass is 16.4. The fourth-order valence-electron chi connectivity index (χ4n) is 3.64. The first-order valence-corrected chi connectivity index (χ1v) is 8.81. The first kappa shape index (κ1) is 16.7. The number of aryl methyl sites for hydroxylation is 1. The maximum absolute atomic E-state index is 12.5. The Labute approximate surface area is 142 Å². The van der Waals surface area contributed by atoms with Crippen LogP contribution in [-0.2, 0) is 4.79 Å². The van der Waals surface area contributed by atoms with Crippen molar-refractivity contribution in [2.75, 3.05) is 18.0 Å². The zero-order chi connectivity index (χ0) is 17.1. The number of aromatic nitrogens is 1. The van der Waals surface area contributed by atoms with E-state index in [0.717, 1.165) is 18.7 Å². The molecule has 0 aromatic carbocycles. The van der Waals surface area contributed by atoms with Gasteiger partial charge in [-0.2, -0.15) is 0 Å². The van der Waals surface area contributed by atoms with Crippen molar-refractivity contribution in [2.45, 2.75) is 51.5 Å². The van der Waals surface area contributed by atoms with Crippen molar-refractivity contribution in [2.24, 2.45) is 5.92 Å². The summed E-state index contributed by atoms with van der Waals surface area (Å²) in [5.74, 6) is -0.382. The molecule has 2 N–H and O–H groups in total. The van der Waals surface area contributed by atoms with Gasteiger partial charge in [0.1, 0.15) is 5.82 Å². The zero-order valence-electron chi connectivity index (χ0n) is 14.1. The summed E-state index contributed by atoms with van der Waals surface area (Å²) in [6.45, 7) is 3.01. The van der Waals surface area contributed by atoms with E-state index in [-0.39, 0.29) is 17.9 Å². The quantitative estimate of drug-likeness (QED) is 0.885. The van der Waals surface area contributed by atoms with Crippen LogP contribution >= 0.6 is 0 Å². The molecule has 6 nitrogen and oxygen atoms in total. The minimum absolute atomic E-state index is 0.0525. The number of aliphatic carboxylic acids is 1. The molecule has 3 rings (SSSR count). The highest BCUT2D eigenvalue weighted by Gasteiger charge is 2.29. The van der Waals surface area contributed by atoms with Gasteiger partial charge in [-0.3, -0.25) is 9.59 Å². The molecule has 2 fully saturated rings. The number of nitrogens with one attached hydrogen (secondary N) is 1.